The minimum atomic E-state index is -0.988. The number of carboxylic acid groups (broad SMARTS) is 1. The van der Waals surface area contributed by atoms with Gasteiger partial charge in [-0.3, -0.25) is 14.9 Å². The maximum Gasteiger partial charge on any atom is 0.317 e. The van der Waals surface area contributed by atoms with E-state index in [-0.39, 0.29) is 18.9 Å². The Hall–Kier alpha value is -1.88. The summed E-state index contributed by atoms with van der Waals surface area (Å²) in [4.78, 5) is 21.8. The molecule has 5 heteroatoms. The molecule has 1 rings (SSSR count). The Balaban J connectivity index is 2.55. The van der Waals surface area contributed by atoms with E-state index in [9.17, 15) is 9.59 Å². The van der Waals surface area contributed by atoms with Crippen molar-refractivity contribution in [3.8, 4) is 5.75 Å². The number of nitrogens with one attached hydrogen (secondary N) is 1. The minimum Gasteiger partial charge on any atom is -0.497 e. The van der Waals surface area contributed by atoms with Crippen LogP contribution in [0.5, 0.6) is 5.75 Å². The zero-order valence-electron chi connectivity index (χ0n) is 8.90. The molecule has 16 heavy (non-hydrogen) atoms. The van der Waals surface area contributed by atoms with E-state index in [1.54, 1.807) is 24.3 Å². The van der Waals surface area contributed by atoms with Crippen LogP contribution in [0.1, 0.15) is 10.4 Å². The van der Waals surface area contributed by atoms with E-state index in [2.05, 4.69) is 5.32 Å². The molecule has 1 aromatic carbocycles. The highest BCUT2D eigenvalue weighted by Crippen LogP contribution is 2.12. The van der Waals surface area contributed by atoms with Gasteiger partial charge in [-0.05, 0) is 12.1 Å². The van der Waals surface area contributed by atoms with E-state index >= 15 is 0 Å². The van der Waals surface area contributed by atoms with Gasteiger partial charge in [0.1, 0.15) is 5.75 Å². The molecule has 0 aliphatic rings. The number of rotatable bonds is 6. The number of carbonyl (C=O) groups is 2. The number of carboxylic acids is 1. The van der Waals surface area contributed by atoms with Crippen LogP contribution in [-0.2, 0) is 4.79 Å². The summed E-state index contributed by atoms with van der Waals surface area (Å²) in [5.41, 5.74) is 0.497. The summed E-state index contributed by atoms with van der Waals surface area (Å²) in [6.07, 6.45) is 0. The molecule has 86 valence electrons. The summed E-state index contributed by atoms with van der Waals surface area (Å²) in [5.74, 6) is -0.553. The highest BCUT2D eigenvalue weighted by molar-refractivity contribution is 5.98. The van der Waals surface area contributed by atoms with Crippen LogP contribution < -0.4 is 10.1 Å². The molecule has 0 spiro atoms. The van der Waals surface area contributed by atoms with Crippen molar-refractivity contribution in [2.75, 3.05) is 20.2 Å². The smallest absolute Gasteiger partial charge is 0.317 e. The molecule has 2 N–H and O–H groups in total. The summed E-state index contributed by atoms with van der Waals surface area (Å²) in [6.45, 7) is -0.227. The molecule has 0 saturated heterocycles. The number of aliphatic carboxylic acids is 1. The first-order valence-electron chi connectivity index (χ1n) is 4.73. The van der Waals surface area contributed by atoms with Crippen LogP contribution in [0.15, 0.2) is 24.3 Å². The predicted molar refractivity (Wildman–Crippen MR) is 57.8 cm³/mol. The quantitative estimate of drug-likeness (QED) is 0.689. The van der Waals surface area contributed by atoms with Crippen LogP contribution in [0.4, 0.5) is 0 Å². The highest BCUT2D eigenvalue weighted by atomic mass is 16.5. The Morgan fingerprint density at radius 1 is 1.38 bits per heavy atom. The second-order valence-corrected chi connectivity index (χ2v) is 3.15. The fourth-order valence-corrected chi connectivity index (χ4v) is 1.18. The first-order chi connectivity index (χ1) is 7.63. The van der Waals surface area contributed by atoms with E-state index < -0.39 is 5.97 Å². The first kappa shape index (κ1) is 12.2. The van der Waals surface area contributed by atoms with Gasteiger partial charge in [0.15, 0.2) is 5.78 Å². The summed E-state index contributed by atoms with van der Waals surface area (Å²) in [6, 6.07) is 6.73. The van der Waals surface area contributed by atoms with Crippen molar-refractivity contribution in [1.29, 1.82) is 0 Å². The Kier molecular flexibility index (Phi) is 4.47. The van der Waals surface area contributed by atoms with Crippen molar-refractivity contribution >= 4 is 11.8 Å². The van der Waals surface area contributed by atoms with E-state index in [4.69, 9.17) is 9.84 Å². The maximum absolute atomic E-state index is 11.6. The zero-order valence-corrected chi connectivity index (χ0v) is 8.90. The molecule has 0 unspecified atom stereocenters. The Morgan fingerprint density at radius 2 is 2.12 bits per heavy atom. The lowest BCUT2D eigenvalue weighted by molar-refractivity contribution is -0.135. The number of hydrogen-bond acceptors (Lipinski definition) is 4. The summed E-state index contributed by atoms with van der Waals surface area (Å²) >= 11 is 0. The van der Waals surface area contributed by atoms with Gasteiger partial charge in [0.2, 0.25) is 0 Å². The third-order valence-electron chi connectivity index (χ3n) is 1.95. The van der Waals surface area contributed by atoms with Crippen LogP contribution in [0.2, 0.25) is 0 Å². The molecule has 0 aromatic heterocycles. The summed E-state index contributed by atoms with van der Waals surface area (Å²) in [7, 11) is 1.52. The largest absolute Gasteiger partial charge is 0.497 e. The fraction of sp³-hybridized carbons (Fsp3) is 0.273. The van der Waals surface area contributed by atoms with Gasteiger partial charge < -0.3 is 9.84 Å². The molecule has 1 aromatic rings. The lowest BCUT2D eigenvalue weighted by Crippen LogP contribution is -2.28. The van der Waals surface area contributed by atoms with E-state index in [1.165, 1.54) is 7.11 Å². The Morgan fingerprint density at radius 3 is 2.75 bits per heavy atom. The summed E-state index contributed by atoms with van der Waals surface area (Å²) < 4.78 is 4.98. The maximum atomic E-state index is 11.6. The number of hydrogen-bond donors (Lipinski definition) is 2. The second kappa shape index (κ2) is 5.87. The number of ether oxygens (including phenoxy) is 1. The molecule has 0 atom stereocenters. The molecular formula is C11H13NO4. The standard InChI is InChI=1S/C11H13NO4/c1-16-9-4-2-3-8(5-9)10(13)6-12-7-11(14)15/h2-5,12H,6-7H2,1H3,(H,14,15). The average Bonchev–Trinajstić information content (AvgIpc) is 2.28. The van der Waals surface area contributed by atoms with Gasteiger partial charge in [0.05, 0.1) is 20.2 Å². The number of methoxy groups -OCH3 is 1. The van der Waals surface area contributed by atoms with Crippen LogP contribution in [0.3, 0.4) is 0 Å². The van der Waals surface area contributed by atoms with Crippen LogP contribution >= 0.6 is 0 Å². The fourth-order valence-electron chi connectivity index (χ4n) is 1.18. The van der Waals surface area contributed by atoms with Crippen molar-refractivity contribution in [3.63, 3.8) is 0 Å². The van der Waals surface area contributed by atoms with Crippen LogP contribution in [0, 0.1) is 0 Å². The van der Waals surface area contributed by atoms with E-state index in [0.29, 0.717) is 11.3 Å². The van der Waals surface area contributed by atoms with Crippen LogP contribution in [0.25, 0.3) is 0 Å². The van der Waals surface area contributed by atoms with E-state index in [0.717, 1.165) is 0 Å². The summed E-state index contributed by atoms with van der Waals surface area (Å²) in [5, 5.41) is 10.9. The second-order valence-electron chi connectivity index (χ2n) is 3.15. The molecule has 0 bridgehead atoms. The molecule has 0 aliphatic heterocycles. The molecule has 0 amide bonds. The molecule has 5 nitrogen and oxygen atoms in total. The normalized spacial score (nSPS) is 9.81. The Labute approximate surface area is 93.0 Å². The van der Waals surface area contributed by atoms with Gasteiger partial charge in [0.25, 0.3) is 0 Å². The van der Waals surface area contributed by atoms with Crippen molar-refractivity contribution in [3.05, 3.63) is 29.8 Å². The highest BCUT2D eigenvalue weighted by Gasteiger charge is 2.07. The van der Waals surface area contributed by atoms with Crippen molar-refractivity contribution in [2.24, 2.45) is 0 Å². The molecule has 0 aliphatic carbocycles. The van der Waals surface area contributed by atoms with Gasteiger partial charge in [-0.1, -0.05) is 12.1 Å². The lowest BCUT2D eigenvalue weighted by Gasteiger charge is -2.04. The minimum absolute atomic E-state index is 0.000528. The topological polar surface area (TPSA) is 75.6 Å². The van der Waals surface area contributed by atoms with Gasteiger partial charge in [-0.2, -0.15) is 0 Å². The third kappa shape index (κ3) is 3.70. The molecular weight excluding hydrogens is 210 g/mol. The van der Waals surface area contributed by atoms with E-state index in [1.807, 2.05) is 0 Å². The van der Waals surface area contributed by atoms with Crippen molar-refractivity contribution in [1.82, 2.24) is 5.32 Å². The zero-order chi connectivity index (χ0) is 12.0. The predicted octanol–water partition coefficient (Wildman–Crippen LogP) is 0.552. The SMILES string of the molecule is COc1cccc(C(=O)CNCC(=O)O)c1. The van der Waals surface area contributed by atoms with Gasteiger partial charge in [-0.15, -0.1) is 0 Å². The lowest BCUT2D eigenvalue weighted by atomic mass is 10.1. The monoisotopic (exact) mass is 223 g/mol. The third-order valence-corrected chi connectivity index (χ3v) is 1.95. The number of Topliss-reactive ketones (excluding diaryl/α,β-unsaturated/α-hetero) is 1. The molecule has 0 fully saturated rings. The molecule has 0 heterocycles. The van der Waals surface area contributed by atoms with Crippen molar-refractivity contribution in [2.45, 2.75) is 0 Å². The average molecular weight is 223 g/mol. The van der Waals surface area contributed by atoms with Crippen molar-refractivity contribution < 1.29 is 19.4 Å². The van der Waals surface area contributed by atoms with Gasteiger partial charge >= 0.3 is 5.97 Å². The first-order valence-corrected chi connectivity index (χ1v) is 4.73. The molecule has 0 saturated carbocycles. The number of carbonyl (C=O) groups excluding carboxylic acids is 1. The van der Waals surface area contributed by atoms with Gasteiger partial charge in [0, 0.05) is 5.56 Å². The number of benzene rings is 1. The van der Waals surface area contributed by atoms with Gasteiger partial charge in [-0.25, -0.2) is 0 Å². The molecule has 0 radical (unpaired) electrons. The Bertz CT molecular complexity index is 389. The number of ketones is 1. The van der Waals surface area contributed by atoms with Crippen LogP contribution in [-0.4, -0.2) is 37.1 Å².